The van der Waals surface area contributed by atoms with Gasteiger partial charge in [-0.1, -0.05) is 65.9 Å². The molecule has 7 heteroatoms. The maximum Gasteiger partial charge on any atom is 0.411 e. The van der Waals surface area contributed by atoms with Crippen LogP contribution in [0.2, 0.25) is 0 Å². The lowest BCUT2D eigenvalue weighted by atomic mass is 10.0. The zero-order chi connectivity index (χ0) is 22.3. The van der Waals surface area contributed by atoms with Gasteiger partial charge >= 0.3 is 6.09 Å². The summed E-state index contributed by atoms with van der Waals surface area (Å²) in [4.78, 5) is 17.5. The molecule has 2 aromatic carbocycles. The number of carbonyl (C=O) groups excluding carboxylic acids is 1. The van der Waals surface area contributed by atoms with Crippen molar-refractivity contribution in [2.45, 2.75) is 51.5 Å². The van der Waals surface area contributed by atoms with Crippen molar-refractivity contribution in [3.8, 4) is 11.3 Å². The van der Waals surface area contributed by atoms with Crippen LogP contribution < -0.4 is 0 Å². The third-order valence-corrected chi connectivity index (χ3v) is 6.08. The van der Waals surface area contributed by atoms with E-state index >= 15 is 0 Å². The maximum absolute atomic E-state index is 13.2. The van der Waals surface area contributed by atoms with Gasteiger partial charge in [0.2, 0.25) is 0 Å². The van der Waals surface area contributed by atoms with Gasteiger partial charge in [0.25, 0.3) is 0 Å². The number of aromatic nitrogens is 3. The highest BCUT2D eigenvalue weighted by Gasteiger charge is 2.46. The van der Waals surface area contributed by atoms with E-state index in [2.05, 4.69) is 39.5 Å². The predicted molar refractivity (Wildman–Crippen MR) is 122 cm³/mol. The van der Waals surface area contributed by atoms with Gasteiger partial charge in [0.15, 0.2) is 0 Å². The lowest BCUT2D eigenvalue weighted by molar-refractivity contribution is 0.00539. The van der Waals surface area contributed by atoms with Gasteiger partial charge in [0.1, 0.15) is 11.3 Å². The molecule has 1 aromatic heterocycles. The highest BCUT2D eigenvalue weighted by atomic mass is 16.6. The van der Waals surface area contributed by atoms with Crippen LogP contribution in [-0.4, -0.2) is 55.6 Å². The summed E-state index contributed by atoms with van der Waals surface area (Å²) < 4.78 is 7.84. The van der Waals surface area contributed by atoms with Gasteiger partial charge in [-0.05, 0) is 26.3 Å². The molecule has 3 heterocycles. The van der Waals surface area contributed by atoms with Crippen molar-refractivity contribution < 1.29 is 9.53 Å². The average Bonchev–Trinajstić information content (AvgIpc) is 3.37. The van der Waals surface area contributed by atoms with Gasteiger partial charge < -0.3 is 4.74 Å². The van der Waals surface area contributed by atoms with Gasteiger partial charge in [-0.2, -0.15) is 0 Å². The smallest absolute Gasteiger partial charge is 0.411 e. The average molecular weight is 432 g/mol. The highest BCUT2D eigenvalue weighted by molar-refractivity contribution is 5.70. The number of nitrogens with zero attached hydrogens (tertiary/aromatic N) is 5. The van der Waals surface area contributed by atoms with Crippen molar-refractivity contribution in [3.05, 3.63) is 71.9 Å². The first-order chi connectivity index (χ1) is 15.4. The molecule has 0 bridgehead atoms. The third kappa shape index (κ3) is 4.00. The zero-order valence-electron chi connectivity index (χ0n) is 18.8. The second-order valence-electron chi connectivity index (χ2n) is 9.62. The van der Waals surface area contributed by atoms with Gasteiger partial charge in [-0.25, -0.2) is 9.48 Å². The molecule has 0 saturated carbocycles. The number of amides is 1. The molecule has 2 aliphatic heterocycles. The molecule has 2 aliphatic rings. The summed E-state index contributed by atoms with van der Waals surface area (Å²) in [5.74, 6) is 0. The number of benzene rings is 2. The number of fused-ring (bicyclic) bond motifs is 3. The summed E-state index contributed by atoms with van der Waals surface area (Å²) in [7, 11) is 0. The first-order valence-electron chi connectivity index (χ1n) is 11.1. The van der Waals surface area contributed by atoms with Crippen LogP contribution in [0.1, 0.15) is 38.1 Å². The van der Waals surface area contributed by atoms with Crippen molar-refractivity contribution >= 4 is 6.09 Å². The Morgan fingerprint density at radius 1 is 1.00 bits per heavy atom. The Bertz CT molecular complexity index is 1090. The van der Waals surface area contributed by atoms with Crippen LogP contribution in [0.3, 0.4) is 0 Å². The first-order valence-corrected chi connectivity index (χ1v) is 11.1. The van der Waals surface area contributed by atoms with Crippen molar-refractivity contribution in [2.24, 2.45) is 0 Å². The van der Waals surface area contributed by atoms with E-state index in [9.17, 15) is 4.79 Å². The lowest BCUT2D eigenvalue weighted by Gasteiger charge is -2.38. The van der Waals surface area contributed by atoms with E-state index in [1.165, 1.54) is 5.56 Å². The second kappa shape index (κ2) is 8.06. The molecule has 3 aromatic rings. The molecule has 32 heavy (non-hydrogen) atoms. The van der Waals surface area contributed by atoms with Crippen LogP contribution in [0, 0.1) is 0 Å². The van der Waals surface area contributed by atoms with Crippen LogP contribution in [-0.2, 0) is 17.8 Å². The summed E-state index contributed by atoms with van der Waals surface area (Å²) in [6.45, 7) is 8.58. The topological polar surface area (TPSA) is 63.5 Å². The van der Waals surface area contributed by atoms with Crippen LogP contribution >= 0.6 is 0 Å². The van der Waals surface area contributed by atoms with E-state index in [4.69, 9.17) is 4.74 Å². The Hall–Kier alpha value is -3.19. The Morgan fingerprint density at radius 3 is 2.34 bits per heavy atom. The summed E-state index contributed by atoms with van der Waals surface area (Å²) in [6.07, 6.45) is -0.277. The van der Waals surface area contributed by atoms with Gasteiger partial charge in [-0.3, -0.25) is 9.80 Å². The Labute approximate surface area is 188 Å². The second-order valence-corrected chi connectivity index (χ2v) is 9.62. The third-order valence-electron chi connectivity index (χ3n) is 6.08. The Balaban J connectivity index is 1.48. The van der Waals surface area contributed by atoms with Crippen molar-refractivity contribution in [1.82, 2.24) is 24.8 Å². The molecule has 0 spiro atoms. The molecule has 166 valence electrons. The van der Waals surface area contributed by atoms with Crippen LogP contribution in [0.5, 0.6) is 0 Å². The molecule has 2 atom stereocenters. The van der Waals surface area contributed by atoms with Crippen LogP contribution in [0.15, 0.2) is 60.7 Å². The molecule has 0 aliphatic carbocycles. The molecule has 1 fully saturated rings. The molecule has 2 unspecified atom stereocenters. The molecular weight excluding hydrogens is 402 g/mol. The lowest BCUT2D eigenvalue weighted by Crippen LogP contribution is -2.50. The van der Waals surface area contributed by atoms with E-state index in [1.54, 1.807) is 0 Å². The summed E-state index contributed by atoms with van der Waals surface area (Å²) >= 11 is 0. The largest absolute Gasteiger partial charge is 0.444 e. The monoisotopic (exact) mass is 431 g/mol. The number of rotatable bonds is 3. The van der Waals surface area contributed by atoms with E-state index in [1.807, 2.05) is 66.8 Å². The van der Waals surface area contributed by atoms with Crippen molar-refractivity contribution in [1.29, 1.82) is 0 Å². The summed E-state index contributed by atoms with van der Waals surface area (Å²) in [5.41, 5.74) is 3.52. The van der Waals surface area contributed by atoms with E-state index < -0.39 is 5.60 Å². The number of likely N-dealkylation sites (tertiary alicyclic amines) is 1. The molecule has 0 N–H and O–H groups in total. The fourth-order valence-corrected chi connectivity index (χ4v) is 4.71. The van der Waals surface area contributed by atoms with Crippen molar-refractivity contribution in [2.75, 3.05) is 13.1 Å². The number of hydrogen-bond acceptors (Lipinski definition) is 5. The molecule has 0 radical (unpaired) electrons. The molecule has 1 saturated heterocycles. The number of hydrogen-bond donors (Lipinski definition) is 0. The number of ether oxygens (including phenoxy) is 1. The van der Waals surface area contributed by atoms with Gasteiger partial charge in [0, 0.05) is 25.2 Å². The zero-order valence-corrected chi connectivity index (χ0v) is 18.8. The quantitative estimate of drug-likeness (QED) is 0.624. The van der Waals surface area contributed by atoms with Crippen LogP contribution in [0.25, 0.3) is 11.3 Å². The predicted octanol–water partition coefficient (Wildman–Crippen LogP) is 4.12. The van der Waals surface area contributed by atoms with Gasteiger partial charge in [0.05, 0.1) is 24.3 Å². The molecule has 7 nitrogen and oxygen atoms in total. The van der Waals surface area contributed by atoms with Crippen LogP contribution in [0.4, 0.5) is 4.79 Å². The SMILES string of the molecule is CC(C)(C)OC(=O)N1Cc2c(-c3ccccc3)nnn2C2CN(Cc3ccccc3)CC21. The molecule has 5 rings (SSSR count). The Kier molecular flexibility index (Phi) is 5.21. The normalized spacial score (nSPS) is 20.7. The summed E-state index contributed by atoms with van der Waals surface area (Å²) in [6, 6.07) is 20.5. The highest BCUT2D eigenvalue weighted by Crippen LogP contribution is 2.37. The molecular formula is C25H29N5O2. The summed E-state index contributed by atoms with van der Waals surface area (Å²) in [5, 5.41) is 9.07. The van der Waals surface area contributed by atoms with E-state index in [0.717, 1.165) is 36.6 Å². The van der Waals surface area contributed by atoms with E-state index in [0.29, 0.717) is 6.54 Å². The molecule has 1 amide bonds. The number of carbonyl (C=O) groups is 1. The first kappa shape index (κ1) is 20.7. The van der Waals surface area contributed by atoms with Gasteiger partial charge in [-0.15, -0.1) is 5.10 Å². The maximum atomic E-state index is 13.2. The van der Waals surface area contributed by atoms with Crippen molar-refractivity contribution in [3.63, 3.8) is 0 Å². The minimum atomic E-state index is -0.549. The van der Waals surface area contributed by atoms with E-state index in [-0.39, 0.29) is 18.2 Å². The minimum absolute atomic E-state index is 0.00798. The minimum Gasteiger partial charge on any atom is -0.444 e. The fourth-order valence-electron chi connectivity index (χ4n) is 4.71. The fraction of sp³-hybridized carbons (Fsp3) is 0.400. The standard InChI is InChI=1S/C25H29N5O2/c1-25(2,3)32-24(31)29-17-22-23(19-12-8-5-9-13-19)26-27-30(22)21-16-28(15-20(21)29)14-18-10-6-4-7-11-18/h4-13,20-21H,14-17H2,1-3H3. The Morgan fingerprint density at radius 2 is 1.66 bits per heavy atom.